The molecule has 118 valence electrons. The first kappa shape index (κ1) is 17.3. The minimum atomic E-state index is -0.160. The maximum atomic E-state index is 11.7. The van der Waals surface area contributed by atoms with Crippen LogP contribution in [0, 0.1) is 5.92 Å². The first-order chi connectivity index (χ1) is 9.99. The molecular weight excluding hydrogens is 266 g/mol. The van der Waals surface area contributed by atoms with E-state index in [2.05, 4.69) is 19.2 Å². The molecule has 0 aliphatic heterocycles. The van der Waals surface area contributed by atoms with Crippen LogP contribution in [0.3, 0.4) is 0 Å². The summed E-state index contributed by atoms with van der Waals surface area (Å²) < 4.78 is 0. The molecule has 0 aromatic heterocycles. The number of phenolic OH excluding ortho intramolecular Hbond substituents is 2. The van der Waals surface area contributed by atoms with Crippen LogP contribution in [0.5, 0.6) is 11.5 Å². The predicted molar refractivity (Wildman–Crippen MR) is 84.2 cm³/mol. The van der Waals surface area contributed by atoms with Crippen molar-refractivity contribution in [2.45, 2.75) is 58.9 Å². The second-order valence-corrected chi connectivity index (χ2v) is 5.95. The molecule has 0 aliphatic carbocycles. The second kappa shape index (κ2) is 9.27. The van der Waals surface area contributed by atoms with Gasteiger partial charge in [-0.25, -0.2) is 0 Å². The van der Waals surface area contributed by atoms with Gasteiger partial charge in [0.15, 0.2) is 11.5 Å². The molecule has 0 radical (unpaired) electrons. The topological polar surface area (TPSA) is 69.6 Å². The van der Waals surface area contributed by atoms with Gasteiger partial charge in [-0.15, -0.1) is 0 Å². The van der Waals surface area contributed by atoms with Gasteiger partial charge in [0.25, 0.3) is 0 Å². The molecule has 1 aromatic carbocycles. The van der Waals surface area contributed by atoms with Crippen molar-refractivity contribution in [1.29, 1.82) is 0 Å². The van der Waals surface area contributed by atoms with Crippen LogP contribution in [0.1, 0.15) is 57.9 Å². The highest BCUT2D eigenvalue weighted by atomic mass is 16.3. The largest absolute Gasteiger partial charge is 0.504 e. The molecule has 0 fully saturated rings. The van der Waals surface area contributed by atoms with Gasteiger partial charge < -0.3 is 15.5 Å². The van der Waals surface area contributed by atoms with Gasteiger partial charge in [0.2, 0.25) is 5.91 Å². The van der Waals surface area contributed by atoms with Crippen molar-refractivity contribution in [3.8, 4) is 11.5 Å². The number of hydrogen-bond acceptors (Lipinski definition) is 3. The van der Waals surface area contributed by atoms with E-state index in [1.807, 2.05) is 0 Å². The fourth-order valence-electron chi connectivity index (χ4n) is 2.16. The lowest BCUT2D eigenvalue weighted by atomic mass is 10.0. The van der Waals surface area contributed by atoms with Gasteiger partial charge in [0.1, 0.15) is 0 Å². The Morgan fingerprint density at radius 3 is 2.48 bits per heavy atom. The van der Waals surface area contributed by atoms with Crippen LogP contribution in [0.15, 0.2) is 18.2 Å². The number of nitrogens with one attached hydrogen (secondary N) is 1. The Balaban J connectivity index is 2.12. The number of phenols is 2. The molecule has 0 aliphatic rings. The number of benzene rings is 1. The number of rotatable bonds is 9. The second-order valence-electron chi connectivity index (χ2n) is 5.95. The number of aromatic hydroxyl groups is 2. The van der Waals surface area contributed by atoms with Gasteiger partial charge >= 0.3 is 0 Å². The quantitative estimate of drug-likeness (QED) is 0.480. The summed E-state index contributed by atoms with van der Waals surface area (Å²) in [5, 5.41) is 21.4. The number of amides is 1. The van der Waals surface area contributed by atoms with Gasteiger partial charge in [-0.3, -0.25) is 4.79 Å². The van der Waals surface area contributed by atoms with E-state index in [1.165, 1.54) is 31.4 Å². The Hall–Kier alpha value is -1.71. The van der Waals surface area contributed by atoms with Crippen LogP contribution in [0.4, 0.5) is 0 Å². The first-order valence-corrected chi connectivity index (χ1v) is 7.76. The predicted octanol–water partition coefficient (Wildman–Crippen LogP) is 3.71. The maximum absolute atomic E-state index is 11.7. The van der Waals surface area contributed by atoms with Crippen LogP contribution >= 0.6 is 0 Å². The highest BCUT2D eigenvalue weighted by Gasteiger charge is 2.04. The Bertz CT molecular complexity index is 444. The van der Waals surface area contributed by atoms with E-state index in [-0.39, 0.29) is 17.4 Å². The highest BCUT2D eigenvalue weighted by molar-refractivity contribution is 5.75. The number of carbonyl (C=O) groups excluding carboxylic acids is 1. The third-order valence-corrected chi connectivity index (χ3v) is 3.46. The van der Waals surface area contributed by atoms with Gasteiger partial charge in [-0.1, -0.05) is 45.6 Å². The first-order valence-electron chi connectivity index (χ1n) is 7.76. The zero-order chi connectivity index (χ0) is 15.7. The van der Waals surface area contributed by atoms with Crippen LogP contribution in [-0.2, 0) is 11.3 Å². The van der Waals surface area contributed by atoms with Crippen molar-refractivity contribution in [3.05, 3.63) is 23.8 Å². The molecule has 1 rings (SSSR count). The van der Waals surface area contributed by atoms with Gasteiger partial charge in [0, 0.05) is 13.0 Å². The fraction of sp³-hybridized carbons (Fsp3) is 0.588. The Kier molecular flexibility index (Phi) is 7.65. The normalized spacial score (nSPS) is 10.8. The molecule has 1 aromatic rings. The molecule has 0 saturated carbocycles. The molecule has 4 nitrogen and oxygen atoms in total. The third-order valence-electron chi connectivity index (χ3n) is 3.46. The lowest BCUT2D eigenvalue weighted by Crippen LogP contribution is -2.22. The van der Waals surface area contributed by atoms with E-state index >= 15 is 0 Å². The summed E-state index contributed by atoms with van der Waals surface area (Å²) in [6.07, 6.45) is 6.26. The van der Waals surface area contributed by atoms with Gasteiger partial charge in [0.05, 0.1) is 0 Å². The molecule has 0 unspecified atom stereocenters. The monoisotopic (exact) mass is 293 g/mol. The van der Waals surface area contributed by atoms with Crippen LogP contribution in [0.25, 0.3) is 0 Å². The molecule has 0 bridgehead atoms. The number of unbranched alkanes of at least 4 members (excludes halogenated alkanes) is 3. The minimum Gasteiger partial charge on any atom is -0.504 e. The highest BCUT2D eigenvalue weighted by Crippen LogP contribution is 2.24. The standard InChI is InChI=1S/C17H27NO3/c1-13(2)7-5-3-4-6-8-17(21)18-12-14-9-10-15(19)16(20)11-14/h9-11,13,19-20H,3-8,12H2,1-2H3,(H,18,21). The molecule has 3 N–H and O–H groups in total. The summed E-state index contributed by atoms with van der Waals surface area (Å²) in [6.45, 7) is 4.84. The van der Waals surface area contributed by atoms with E-state index in [9.17, 15) is 15.0 Å². The fourth-order valence-corrected chi connectivity index (χ4v) is 2.16. The van der Waals surface area contributed by atoms with Crippen molar-refractivity contribution in [2.75, 3.05) is 0 Å². The average Bonchev–Trinajstić information content (AvgIpc) is 2.43. The van der Waals surface area contributed by atoms with Crippen LogP contribution in [0.2, 0.25) is 0 Å². The summed E-state index contributed by atoms with van der Waals surface area (Å²) in [7, 11) is 0. The van der Waals surface area contributed by atoms with Gasteiger partial charge in [-0.05, 0) is 30.0 Å². The minimum absolute atomic E-state index is 0.0337. The zero-order valence-corrected chi connectivity index (χ0v) is 13.1. The van der Waals surface area contributed by atoms with Crippen molar-refractivity contribution < 1.29 is 15.0 Å². The van der Waals surface area contributed by atoms with Crippen LogP contribution < -0.4 is 5.32 Å². The molecule has 21 heavy (non-hydrogen) atoms. The lowest BCUT2D eigenvalue weighted by Gasteiger charge is -2.07. The number of carbonyl (C=O) groups is 1. The third kappa shape index (κ3) is 7.59. The van der Waals surface area contributed by atoms with E-state index in [1.54, 1.807) is 6.07 Å². The molecule has 4 heteroatoms. The summed E-state index contributed by atoms with van der Waals surface area (Å²) >= 11 is 0. The van der Waals surface area contributed by atoms with E-state index < -0.39 is 0 Å². The molecule has 0 atom stereocenters. The SMILES string of the molecule is CC(C)CCCCCCC(=O)NCc1ccc(O)c(O)c1. The van der Waals surface area contributed by atoms with Crippen LogP contribution in [-0.4, -0.2) is 16.1 Å². The van der Waals surface area contributed by atoms with Gasteiger partial charge in [-0.2, -0.15) is 0 Å². The van der Waals surface area contributed by atoms with E-state index in [4.69, 9.17) is 0 Å². The summed E-state index contributed by atoms with van der Waals surface area (Å²) in [6, 6.07) is 4.56. The summed E-state index contributed by atoms with van der Waals surface area (Å²) in [5.74, 6) is 0.486. The molecule has 0 spiro atoms. The van der Waals surface area contributed by atoms with Crippen molar-refractivity contribution in [3.63, 3.8) is 0 Å². The number of hydrogen-bond donors (Lipinski definition) is 3. The smallest absolute Gasteiger partial charge is 0.220 e. The summed E-state index contributed by atoms with van der Waals surface area (Å²) in [4.78, 5) is 11.7. The molecular formula is C17H27NO3. The molecule has 0 heterocycles. The summed E-state index contributed by atoms with van der Waals surface area (Å²) in [5.41, 5.74) is 0.774. The maximum Gasteiger partial charge on any atom is 0.220 e. The Morgan fingerprint density at radius 1 is 1.10 bits per heavy atom. The molecule has 0 saturated heterocycles. The average molecular weight is 293 g/mol. The zero-order valence-electron chi connectivity index (χ0n) is 13.1. The van der Waals surface area contributed by atoms with E-state index in [0.717, 1.165) is 24.3 Å². The van der Waals surface area contributed by atoms with Crippen molar-refractivity contribution in [1.82, 2.24) is 5.32 Å². The Labute approximate surface area is 127 Å². The lowest BCUT2D eigenvalue weighted by molar-refractivity contribution is -0.121. The van der Waals surface area contributed by atoms with Crippen molar-refractivity contribution in [2.24, 2.45) is 5.92 Å². The van der Waals surface area contributed by atoms with E-state index in [0.29, 0.717) is 13.0 Å². The molecule has 1 amide bonds. The Morgan fingerprint density at radius 2 is 1.81 bits per heavy atom. The van der Waals surface area contributed by atoms with Crippen molar-refractivity contribution >= 4 is 5.91 Å².